The van der Waals surface area contributed by atoms with Crippen LogP contribution in [-0.4, -0.2) is 50.6 Å². The molecule has 0 aromatic heterocycles. The van der Waals surface area contributed by atoms with Crippen molar-refractivity contribution in [3.8, 4) is 0 Å². The number of rotatable bonds is 8. The molecular formula is C11H22O6. The molecule has 0 aromatic carbocycles. The minimum atomic E-state index is -0.915. The summed E-state index contributed by atoms with van der Waals surface area (Å²) >= 11 is 0. The molecule has 0 unspecified atom stereocenters. The molecule has 0 amide bonds. The van der Waals surface area contributed by atoms with Gasteiger partial charge < -0.3 is 19.3 Å². The Kier molecular flexibility index (Phi) is 15.9. The highest BCUT2D eigenvalue weighted by molar-refractivity contribution is 5.70. The van der Waals surface area contributed by atoms with Crippen molar-refractivity contribution in [3.05, 3.63) is 0 Å². The quantitative estimate of drug-likeness (QED) is 0.513. The Labute approximate surface area is 102 Å². The number of methoxy groups -OCH3 is 1. The average molecular weight is 250 g/mol. The van der Waals surface area contributed by atoms with Gasteiger partial charge in [0.1, 0.15) is 13.2 Å². The molecule has 0 aliphatic heterocycles. The summed E-state index contributed by atoms with van der Waals surface area (Å²) in [5, 5.41) is 7.92. The molecule has 1 N–H and O–H groups in total. The Morgan fingerprint density at radius 1 is 1.18 bits per heavy atom. The van der Waals surface area contributed by atoms with E-state index in [0.29, 0.717) is 13.2 Å². The second-order valence-electron chi connectivity index (χ2n) is 3.04. The molecule has 102 valence electrons. The van der Waals surface area contributed by atoms with Crippen LogP contribution in [0.3, 0.4) is 0 Å². The van der Waals surface area contributed by atoms with Gasteiger partial charge >= 0.3 is 11.9 Å². The summed E-state index contributed by atoms with van der Waals surface area (Å²) in [5.41, 5.74) is 0. The fourth-order valence-electron chi connectivity index (χ4n) is 0.679. The number of hydrogen-bond acceptors (Lipinski definition) is 5. The highest BCUT2D eigenvalue weighted by Crippen LogP contribution is 1.88. The van der Waals surface area contributed by atoms with Gasteiger partial charge in [0, 0.05) is 13.7 Å². The summed E-state index contributed by atoms with van der Waals surface area (Å²) in [7, 11) is 1.47. The van der Waals surface area contributed by atoms with Crippen LogP contribution >= 0.6 is 0 Å². The van der Waals surface area contributed by atoms with E-state index >= 15 is 0 Å². The molecule has 0 saturated carbocycles. The second kappa shape index (κ2) is 14.9. The Morgan fingerprint density at radius 2 is 1.82 bits per heavy atom. The molecule has 0 atom stereocenters. The lowest BCUT2D eigenvalue weighted by molar-refractivity contribution is -0.148. The fraction of sp³-hybridized carbons (Fsp3) is 0.818. The van der Waals surface area contributed by atoms with Gasteiger partial charge in [-0.05, 0) is 13.3 Å². The van der Waals surface area contributed by atoms with Gasteiger partial charge in [0.25, 0.3) is 0 Å². The minimum Gasteiger partial charge on any atom is -0.480 e. The smallest absolute Gasteiger partial charge is 0.332 e. The van der Waals surface area contributed by atoms with Crippen LogP contribution in [0.1, 0.15) is 26.7 Å². The van der Waals surface area contributed by atoms with Gasteiger partial charge in [-0.25, -0.2) is 9.59 Å². The molecule has 0 saturated heterocycles. The van der Waals surface area contributed by atoms with E-state index in [9.17, 15) is 9.59 Å². The summed E-state index contributed by atoms with van der Waals surface area (Å²) in [6, 6.07) is 0. The van der Waals surface area contributed by atoms with Crippen LogP contribution in [0.4, 0.5) is 0 Å². The van der Waals surface area contributed by atoms with E-state index in [1.165, 1.54) is 7.11 Å². The van der Waals surface area contributed by atoms with Crippen molar-refractivity contribution in [2.24, 2.45) is 0 Å². The molecule has 6 heteroatoms. The van der Waals surface area contributed by atoms with E-state index in [4.69, 9.17) is 9.84 Å². The van der Waals surface area contributed by atoms with Crippen molar-refractivity contribution < 1.29 is 28.9 Å². The van der Waals surface area contributed by atoms with Crippen molar-refractivity contribution in [3.63, 3.8) is 0 Å². The summed E-state index contributed by atoms with van der Waals surface area (Å²) in [6.07, 6.45) is 1.97. The first-order chi connectivity index (χ1) is 8.08. The number of carbonyl (C=O) groups is 2. The molecule has 0 fully saturated rings. The second-order valence-corrected chi connectivity index (χ2v) is 3.04. The van der Waals surface area contributed by atoms with E-state index < -0.39 is 5.97 Å². The number of aliphatic carboxylic acids is 1. The van der Waals surface area contributed by atoms with E-state index in [2.05, 4.69) is 9.47 Å². The summed E-state index contributed by atoms with van der Waals surface area (Å²) in [4.78, 5) is 20.2. The minimum absolute atomic E-state index is 0.0592. The van der Waals surface area contributed by atoms with Crippen molar-refractivity contribution >= 4 is 11.9 Å². The van der Waals surface area contributed by atoms with Gasteiger partial charge in [-0.15, -0.1) is 0 Å². The summed E-state index contributed by atoms with van der Waals surface area (Å²) in [5.74, 6) is -1.20. The third-order valence-corrected chi connectivity index (χ3v) is 1.45. The predicted octanol–water partition coefficient (Wildman–Crippen LogP) is 1.08. The van der Waals surface area contributed by atoms with E-state index in [-0.39, 0.29) is 19.2 Å². The number of carboxylic acid groups (broad SMARTS) is 1. The van der Waals surface area contributed by atoms with Crippen molar-refractivity contribution in [2.75, 3.05) is 33.5 Å². The van der Waals surface area contributed by atoms with E-state index in [0.717, 1.165) is 12.8 Å². The summed E-state index contributed by atoms with van der Waals surface area (Å²) < 4.78 is 13.8. The zero-order chi connectivity index (χ0) is 13.5. The first kappa shape index (κ1) is 18.2. The SMILES string of the molecule is CCCCOC(=O)COC.CCOCC(=O)O. The molecule has 0 bridgehead atoms. The van der Waals surface area contributed by atoms with Crippen LogP contribution in [0, 0.1) is 0 Å². The molecule has 6 nitrogen and oxygen atoms in total. The molecular weight excluding hydrogens is 228 g/mol. The van der Waals surface area contributed by atoms with E-state index in [1.54, 1.807) is 6.92 Å². The maximum atomic E-state index is 10.6. The Bertz CT molecular complexity index is 192. The van der Waals surface area contributed by atoms with Gasteiger partial charge in [0.05, 0.1) is 6.61 Å². The third-order valence-electron chi connectivity index (χ3n) is 1.45. The molecule has 0 radical (unpaired) electrons. The van der Waals surface area contributed by atoms with E-state index in [1.807, 2.05) is 6.92 Å². The molecule has 0 rings (SSSR count). The highest BCUT2D eigenvalue weighted by atomic mass is 16.6. The first-order valence-corrected chi connectivity index (χ1v) is 5.52. The van der Waals surface area contributed by atoms with Gasteiger partial charge in [0.15, 0.2) is 0 Å². The lowest BCUT2D eigenvalue weighted by atomic mass is 10.4. The average Bonchev–Trinajstić information content (AvgIpc) is 2.28. The van der Waals surface area contributed by atoms with Gasteiger partial charge in [0.2, 0.25) is 0 Å². The number of unbranched alkanes of at least 4 members (excludes halogenated alkanes) is 1. The van der Waals surface area contributed by atoms with Crippen molar-refractivity contribution in [1.29, 1.82) is 0 Å². The van der Waals surface area contributed by atoms with Crippen LogP contribution in [0.2, 0.25) is 0 Å². The van der Waals surface area contributed by atoms with Gasteiger partial charge in [-0.2, -0.15) is 0 Å². The maximum Gasteiger partial charge on any atom is 0.332 e. The first-order valence-electron chi connectivity index (χ1n) is 5.52. The molecule has 0 spiro atoms. The fourth-order valence-corrected chi connectivity index (χ4v) is 0.679. The Balaban J connectivity index is 0. The lowest BCUT2D eigenvalue weighted by Crippen LogP contribution is -2.11. The maximum absolute atomic E-state index is 10.6. The number of ether oxygens (including phenoxy) is 3. The topological polar surface area (TPSA) is 82.1 Å². The number of esters is 1. The zero-order valence-corrected chi connectivity index (χ0v) is 10.7. The van der Waals surface area contributed by atoms with Crippen molar-refractivity contribution in [2.45, 2.75) is 26.7 Å². The van der Waals surface area contributed by atoms with Gasteiger partial charge in [-0.3, -0.25) is 0 Å². The Morgan fingerprint density at radius 3 is 2.18 bits per heavy atom. The zero-order valence-electron chi connectivity index (χ0n) is 10.7. The monoisotopic (exact) mass is 250 g/mol. The molecule has 0 heterocycles. The molecule has 0 aliphatic carbocycles. The third kappa shape index (κ3) is 20.8. The number of hydrogen-bond donors (Lipinski definition) is 1. The number of carboxylic acids is 1. The lowest BCUT2D eigenvalue weighted by Gasteiger charge is -2.01. The van der Waals surface area contributed by atoms with Crippen LogP contribution in [0.5, 0.6) is 0 Å². The Hall–Kier alpha value is -1.14. The van der Waals surface area contributed by atoms with Gasteiger partial charge in [-0.1, -0.05) is 13.3 Å². The largest absolute Gasteiger partial charge is 0.480 e. The van der Waals surface area contributed by atoms with Crippen LogP contribution in [0.15, 0.2) is 0 Å². The summed E-state index contributed by atoms with van der Waals surface area (Å²) in [6.45, 7) is 4.65. The molecule has 0 aliphatic rings. The molecule has 17 heavy (non-hydrogen) atoms. The predicted molar refractivity (Wildman–Crippen MR) is 61.9 cm³/mol. The molecule has 0 aromatic rings. The standard InChI is InChI=1S/C7H14O3.C4H8O3/c1-3-4-5-10-7(8)6-9-2;1-2-7-3-4(5)6/h3-6H2,1-2H3;2-3H2,1H3,(H,5,6). The van der Waals surface area contributed by atoms with Crippen LogP contribution in [0.25, 0.3) is 0 Å². The highest BCUT2D eigenvalue weighted by Gasteiger charge is 1.98. The van der Waals surface area contributed by atoms with Crippen LogP contribution < -0.4 is 0 Å². The van der Waals surface area contributed by atoms with Crippen LogP contribution in [-0.2, 0) is 23.8 Å². The normalized spacial score (nSPS) is 9.12. The van der Waals surface area contributed by atoms with Crippen molar-refractivity contribution in [1.82, 2.24) is 0 Å². The number of carbonyl (C=O) groups excluding carboxylic acids is 1.